The van der Waals surface area contributed by atoms with Gasteiger partial charge in [0, 0.05) is 6.42 Å². The van der Waals surface area contributed by atoms with Crippen LogP contribution in [0, 0.1) is 5.92 Å². The monoisotopic (exact) mass is 649 g/mol. The molecule has 4 atom stereocenters. The minimum atomic E-state index is -1.05. The van der Waals surface area contributed by atoms with Crippen LogP contribution >= 0.6 is 0 Å². The molecule has 8 N–H and O–H groups in total. The Morgan fingerprint density at radius 2 is 1.26 bits per heavy atom. The third-order valence-electron chi connectivity index (χ3n) is 7.71. The summed E-state index contributed by atoms with van der Waals surface area (Å²) in [5.41, 5.74) is 13.5. The molecule has 0 aromatic heterocycles. The molecule has 2 aromatic carbocycles. The van der Waals surface area contributed by atoms with Gasteiger partial charge in [-0.15, -0.1) is 0 Å². The molecule has 1 saturated heterocycles. The van der Waals surface area contributed by atoms with Gasteiger partial charge in [-0.2, -0.15) is 0 Å². The Labute approximate surface area is 275 Å². The van der Waals surface area contributed by atoms with E-state index in [1.165, 1.54) is 0 Å². The minimum absolute atomic E-state index is 0.0256. The SMILES string of the molecule is CC(C)C[C@@H](NC(=O)[C@@H](Cc1ccccc1)NC(=O)[C@H](N)Cc1ccccc1)C(=O)N[C@H](CCCCN)C(=O)N1CC(=O)NC(=O)C1. The molecule has 6 amide bonds. The zero-order chi connectivity index (χ0) is 34.3. The van der Waals surface area contributed by atoms with Gasteiger partial charge in [-0.05, 0) is 55.7 Å². The van der Waals surface area contributed by atoms with Crippen molar-refractivity contribution in [2.24, 2.45) is 17.4 Å². The van der Waals surface area contributed by atoms with Crippen LogP contribution in [0.4, 0.5) is 0 Å². The number of nitrogens with one attached hydrogen (secondary N) is 4. The van der Waals surface area contributed by atoms with Crippen molar-refractivity contribution >= 4 is 35.4 Å². The molecule has 254 valence electrons. The van der Waals surface area contributed by atoms with E-state index in [-0.39, 0.29) is 44.7 Å². The van der Waals surface area contributed by atoms with Crippen molar-refractivity contribution in [2.75, 3.05) is 19.6 Å². The number of nitrogens with zero attached hydrogens (tertiary/aromatic N) is 1. The van der Waals surface area contributed by atoms with Crippen molar-refractivity contribution in [3.8, 4) is 0 Å². The first kappa shape index (κ1) is 36.8. The Bertz CT molecular complexity index is 1360. The van der Waals surface area contributed by atoms with E-state index in [9.17, 15) is 28.8 Å². The fourth-order valence-electron chi connectivity index (χ4n) is 5.31. The lowest BCUT2D eigenvalue weighted by Crippen LogP contribution is -2.60. The van der Waals surface area contributed by atoms with Gasteiger partial charge in [0.05, 0.1) is 6.04 Å². The van der Waals surface area contributed by atoms with E-state index in [0.29, 0.717) is 19.4 Å². The fraction of sp³-hybridized carbons (Fsp3) is 0.471. The molecule has 1 heterocycles. The standard InChI is InChI=1S/C34H47N7O6/c1-22(2)17-27(32(45)37-26(15-9-10-16-35)34(47)41-20-29(42)40-30(43)21-41)39-33(46)28(19-24-13-7-4-8-14-24)38-31(44)25(36)18-23-11-5-3-6-12-23/h3-8,11-14,22,25-28H,9-10,15-21,35-36H2,1-2H3,(H,37,45)(H,38,44)(H,39,46)(H,40,42,43)/t25-,26-,27-,28-/m1/s1. The molecule has 0 saturated carbocycles. The number of carbonyl (C=O) groups is 6. The van der Waals surface area contributed by atoms with Crippen LogP contribution in [0.5, 0.6) is 0 Å². The number of unbranched alkanes of at least 4 members (excludes halogenated alkanes) is 1. The molecule has 0 spiro atoms. The molecule has 1 aliphatic rings. The van der Waals surface area contributed by atoms with Crippen LogP contribution in [-0.2, 0) is 41.6 Å². The summed E-state index contributed by atoms with van der Waals surface area (Å²) in [5, 5.41) is 10.5. The highest BCUT2D eigenvalue weighted by molar-refractivity contribution is 6.03. The largest absolute Gasteiger partial charge is 0.343 e. The average Bonchev–Trinajstić information content (AvgIpc) is 3.03. The van der Waals surface area contributed by atoms with Gasteiger partial charge in [-0.3, -0.25) is 34.1 Å². The Balaban J connectivity index is 1.78. The van der Waals surface area contributed by atoms with E-state index in [4.69, 9.17) is 11.5 Å². The number of imide groups is 1. The molecule has 3 rings (SSSR count). The van der Waals surface area contributed by atoms with Crippen LogP contribution in [0.3, 0.4) is 0 Å². The molecule has 2 aromatic rings. The number of piperazine rings is 1. The molecule has 1 aliphatic heterocycles. The van der Waals surface area contributed by atoms with E-state index in [2.05, 4.69) is 21.3 Å². The van der Waals surface area contributed by atoms with E-state index in [1.54, 1.807) is 0 Å². The Morgan fingerprint density at radius 1 is 0.745 bits per heavy atom. The Hall–Kier alpha value is -4.62. The Kier molecular flexibility index (Phi) is 14.5. The highest BCUT2D eigenvalue weighted by Crippen LogP contribution is 2.12. The lowest BCUT2D eigenvalue weighted by atomic mass is 9.99. The van der Waals surface area contributed by atoms with Crippen molar-refractivity contribution in [3.63, 3.8) is 0 Å². The smallest absolute Gasteiger partial charge is 0.246 e. The first-order valence-electron chi connectivity index (χ1n) is 16.0. The summed E-state index contributed by atoms with van der Waals surface area (Å²) >= 11 is 0. The second-order valence-corrected chi connectivity index (χ2v) is 12.2. The first-order valence-corrected chi connectivity index (χ1v) is 16.0. The highest BCUT2D eigenvalue weighted by atomic mass is 16.2. The van der Waals surface area contributed by atoms with Crippen LogP contribution in [-0.4, -0.2) is 84.1 Å². The molecular formula is C34H47N7O6. The quantitative estimate of drug-likeness (QED) is 0.101. The molecule has 13 heteroatoms. The molecular weight excluding hydrogens is 602 g/mol. The number of hydrogen-bond acceptors (Lipinski definition) is 8. The van der Waals surface area contributed by atoms with Gasteiger partial charge in [-0.25, -0.2) is 0 Å². The lowest BCUT2D eigenvalue weighted by molar-refractivity contribution is -0.147. The highest BCUT2D eigenvalue weighted by Gasteiger charge is 2.34. The van der Waals surface area contributed by atoms with Gasteiger partial charge >= 0.3 is 0 Å². The molecule has 0 unspecified atom stereocenters. The lowest BCUT2D eigenvalue weighted by Gasteiger charge is -2.31. The number of hydrogen-bond donors (Lipinski definition) is 6. The van der Waals surface area contributed by atoms with Crippen molar-refractivity contribution < 1.29 is 28.8 Å². The topological polar surface area (TPSA) is 206 Å². The van der Waals surface area contributed by atoms with Gasteiger partial charge < -0.3 is 32.3 Å². The molecule has 47 heavy (non-hydrogen) atoms. The predicted molar refractivity (Wildman–Crippen MR) is 176 cm³/mol. The van der Waals surface area contributed by atoms with Crippen LogP contribution in [0.15, 0.2) is 60.7 Å². The van der Waals surface area contributed by atoms with Gasteiger partial charge in [0.1, 0.15) is 31.2 Å². The van der Waals surface area contributed by atoms with Crippen LogP contribution < -0.4 is 32.7 Å². The third kappa shape index (κ3) is 12.2. The molecule has 13 nitrogen and oxygen atoms in total. The van der Waals surface area contributed by atoms with Crippen molar-refractivity contribution in [2.45, 2.75) is 76.5 Å². The fourth-order valence-corrected chi connectivity index (χ4v) is 5.31. The third-order valence-corrected chi connectivity index (χ3v) is 7.71. The maximum Gasteiger partial charge on any atom is 0.246 e. The van der Waals surface area contributed by atoms with Crippen LogP contribution in [0.25, 0.3) is 0 Å². The summed E-state index contributed by atoms with van der Waals surface area (Å²) in [7, 11) is 0. The summed E-state index contributed by atoms with van der Waals surface area (Å²) in [6.07, 6.45) is 2.00. The van der Waals surface area contributed by atoms with Crippen molar-refractivity contribution in [1.29, 1.82) is 0 Å². The first-order chi connectivity index (χ1) is 22.5. The van der Waals surface area contributed by atoms with Crippen molar-refractivity contribution in [1.82, 2.24) is 26.2 Å². The van der Waals surface area contributed by atoms with Gasteiger partial charge in [0.25, 0.3) is 0 Å². The predicted octanol–water partition coefficient (Wildman–Crippen LogP) is -0.0864. The van der Waals surface area contributed by atoms with E-state index in [0.717, 1.165) is 16.0 Å². The normalized spacial score (nSPS) is 15.6. The maximum absolute atomic E-state index is 13.8. The summed E-state index contributed by atoms with van der Waals surface area (Å²) in [6.45, 7) is 3.54. The molecule has 0 aliphatic carbocycles. The van der Waals surface area contributed by atoms with Gasteiger partial charge in [0.15, 0.2) is 0 Å². The second kappa shape index (κ2) is 18.5. The number of amides is 6. The van der Waals surface area contributed by atoms with E-state index in [1.807, 2.05) is 74.5 Å². The maximum atomic E-state index is 13.8. The van der Waals surface area contributed by atoms with Gasteiger partial charge in [-0.1, -0.05) is 74.5 Å². The Morgan fingerprint density at radius 3 is 1.81 bits per heavy atom. The summed E-state index contributed by atoms with van der Waals surface area (Å²) in [5.74, 6) is -3.52. The number of rotatable bonds is 17. The minimum Gasteiger partial charge on any atom is -0.343 e. The molecule has 0 radical (unpaired) electrons. The van der Waals surface area contributed by atoms with Crippen LogP contribution in [0.2, 0.25) is 0 Å². The number of benzene rings is 2. The second-order valence-electron chi connectivity index (χ2n) is 12.2. The summed E-state index contributed by atoms with van der Waals surface area (Å²) in [6, 6.07) is 14.4. The summed E-state index contributed by atoms with van der Waals surface area (Å²) < 4.78 is 0. The van der Waals surface area contributed by atoms with Crippen LogP contribution in [0.1, 0.15) is 50.7 Å². The van der Waals surface area contributed by atoms with Gasteiger partial charge in [0.2, 0.25) is 35.4 Å². The molecule has 1 fully saturated rings. The van der Waals surface area contributed by atoms with Crippen molar-refractivity contribution in [3.05, 3.63) is 71.8 Å². The average molecular weight is 650 g/mol. The zero-order valence-electron chi connectivity index (χ0n) is 27.1. The summed E-state index contributed by atoms with van der Waals surface area (Å²) in [4.78, 5) is 79.1. The zero-order valence-corrected chi connectivity index (χ0v) is 27.1. The molecule has 0 bridgehead atoms. The van der Waals surface area contributed by atoms with E-state index < -0.39 is 59.6 Å². The number of carbonyl (C=O) groups excluding carboxylic acids is 6. The number of nitrogens with two attached hydrogens (primary N) is 2. The van der Waals surface area contributed by atoms with E-state index >= 15 is 0 Å².